The second kappa shape index (κ2) is 5.18. The molecule has 5 nitrogen and oxygen atoms in total. The molecule has 0 unspecified atom stereocenters. The fourth-order valence-electron chi connectivity index (χ4n) is 1.25. The molecule has 1 aromatic carbocycles. The molecule has 0 saturated heterocycles. The van der Waals surface area contributed by atoms with Gasteiger partial charge >= 0.3 is 14.2 Å². The molecule has 0 bridgehead atoms. The molecule has 15 heavy (non-hydrogen) atoms. The molecule has 0 spiro atoms. The third-order valence-corrected chi connectivity index (χ3v) is 2.07. The Morgan fingerprint density at radius 1 is 1.13 bits per heavy atom. The van der Waals surface area contributed by atoms with Gasteiger partial charge in [0, 0.05) is 19.8 Å². The summed E-state index contributed by atoms with van der Waals surface area (Å²) >= 11 is 0. The van der Waals surface area contributed by atoms with Gasteiger partial charge in [-0.2, -0.15) is 0 Å². The number of hydrogen-bond donors (Lipinski definition) is 4. The molecule has 0 amide bonds. The van der Waals surface area contributed by atoms with Crippen LogP contribution in [0.5, 0.6) is 0 Å². The van der Waals surface area contributed by atoms with Crippen LogP contribution in [0.3, 0.4) is 0 Å². The maximum absolute atomic E-state index is 9.44. The third-order valence-electron chi connectivity index (χ3n) is 2.07. The lowest BCUT2D eigenvalue weighted by molar-refractivity contribution is 0.341. The normalized spacial score (nSPS) is 9.93. The molecule has 4 N–H and O–H groups in total. The van der Waals surface area contributed by atoms with Crippen molar-refractivity contribution in [2.24, 2.45) is 0 Å². The van der Waals surface area contributed by atoms with E-state index in [4.69, 9.17) is 14.7 Å². The molecule has 1 rings (SSSR count). The summed E-state index contributed by atoms with van der Waals surface area (Å²) in [7, 11) is 0.425. The van der Waals surface area contributed by atoms with Gasteiger partial charge in [0.25, 0.3) is 0 Å². The Balaban J connectivity index is 3.11. The maximum Gasteiger partial charge on any atom is 0.490 e. The molecule has 0 saturated carbocycles. The summed E-state index contributed by atoms with van der Waals surface area (Å²) in [5, 5.41) is 30.4. The van der Waals surface area contributed by atoms with E-state index in [0.717, 1.165) is 0 Å². The predicted octanol–water partition coefficient (Wildman–Crippen LogP) is -2.26. The minimum Gasteiger partial charge on any atom is -0.423 e. The number of benzene rings is 1. The van der Waals surface area contributed by atoms with Gasteiger partial charge in [-0.3, -0.25) is 0 Å². The van der Waals surface area contributed by atoms with Crippen molar-refractivity contribution in [3.05, 3.63) is 18.2 Å². The van der Waals surface area contributed by atoms with Crippen LogP contribution >= 0.6 is 0 Å². The molecule has 80 valence electrons. The van der Waals surface area contributed by atoms with Crippen molar-refractivity contribution in [1.29, 1.82) is 0 Å². The number of hydrogen-bond acceptors (Lipinski definition) is 5. The fraction of sp³-hybridized carbons (Fsp3) is 0.250. The van der Waals surface area contributed by atoms with Gasteiger partial charge < -0.3 is 25.0 Å². The van der Waals surface area contributed by atoms with E-state index in [2.05, 4.69) is 5.32 Å². The first kappa shape index (κ1) is 12.1. The van der Waals surface area contributed by atoms with Crippen molar-refractivity contribution in [2.75, 3.05) is 19.5 Å². The highest BCUT2D eigenvalue weighted by Gasteiger charge is 2.19. The van der Waals surface area contributed by atoms with Crippen molar-refractivity contribution in [2.45, 2.75) is 0 Å². The number of anilines is 1. The van der Waals surface area contributed by atoms with E-state index < -0.39 is 14.2 Å². The van der Waals surface area contributed by atoms with E-state index in [-0.39, 0.29) is 0 Å². The first-order chi connectivity index (χ1) is 7.08. The van der Waals surface area contributed by atoms with Crippen molar-refractivity contribution < 1.29 is 19.7 Å². The molecule has 0 aliphatic rings. The Labute approximate surface area is 89.0 Å². The zero-order valence-electron chi connectivity index (χ0n) is 8.64. The Hall–Kier alpha value is -1.01. The fourth-order valence-corrected chi connectivity index (χ4v) is 1.25. The van der Waals surface area contributed by atoms with E-state index in [9.17, 15) is 5.02 Å². The van der Waals surface area contributed by atoms with Crippen LogP contribution in [-0.2, 0) is 4.65 Å². The van der Waals surface area contributed by atoms with Crippen molar-refractivity contribution in [3.8, 4) is 0 Å². The average molecular weight is 209 g/mol. The lowest BCUT2D eigenvalue weighted by Gasteiger charge is -2.10. The molecule has 0 radical (unpaired) electrons. The van der Waals surface area contributed by atoms with Crippen LogP contribution in [0.1, 0.15) is 0 Å². The largest absolute Gasteiger partial charge is 0.490 e. The van der Waals surface area contributed by atoms with Crippen molar-refractivity contribution in [1.82, 2.24) is 0 Å². The van der Waals surface area contributed by atoms with Gasteiger partial charge in [0.05, 0.1) is 0 Å². The lowest BCUT2D eigenvalue weighted by atomic mass is 9.72. The summed E-state index contributed by atoms with van der Waals surface area (Å²) in [4.78, 5) is 0. The number of nitrogens with one attached hydrogen (secondary N) is 1. The van der Waals surface area contributed by atoms with Crippen LogP contribution in [-0.4, -0.2) is 43.5 Å². The lowest BCUT2D eigenvalue weighted by Crippen LogP contribution is -2.39. The monoisotopic (exact) mass is 209 g/mol. The Bertz CT molecular complexity index is 334. The minimum absolute atomic E-state index is 0.299. The summed E-state index contributed by atoms with van der Waals surface area (Å²) in [5.41, 5.74) is 1.44. The van der Waals surface area contributed by atoms with Crippen LogP contribution in [0.2, 0.25) is 0 Å². The van der Waals surface area contributed by atoms with Gasteiger partial charge in [-0.05, 0) is 23.1 Å². The van der Waals surface area contributed by atoms with Gasteiger partial charge in [-0.1, -0.05) is 6.07 Å². The summed E-state index contributed by atoms with van der Waals surface area (Å²) in [5.74, 6) is 0. The van der Waals surface area contributed by atoms with Crippen LogP contribution in [0.15, 0.2) is 18.2 Å². The van der Waals surface area contributed by atoms with Gasteiger partial charge in [-0.25, -0.2) is 0 Å². The van der Waals surface area contributed by atoms with Crippen molar-refractivity contribution >= 4 is 30.8 Å². The van der Waals surface area contributed by atoms with Gasteiger partial charge in [0.2, 0.25) is 0 Å². The van der Waals surface area contributed by atoms with Gasteiger partial charge in [0.15, 0.2) is 0 Å². The van der Waals surface area contributed by atoms with E-state index in [1.807, 2.05) is 0 Å². The summed E-state index contributed by atoms with van der Waals surface area (Å²) in [6.45, 7) is 0. The Morgan fingerprint density at radius 2 is 1.73 bits per heavy atom. The van der Waals surface area contributed by atoms with E-state index >= 15 is 0 Å². The predicted molar refractivity (Wildman–Crippen MR) is 60.4 cm³/mol. The molecule has 1 aromatic rings. The smallest absolute Gasteiger partial charge is 0.423 e. The zero-order valence-corrected chi connectivity index (χ0v) is 8.64. The molecule has 0 aromatic heterocycles. The standard InChI is InChI=1S/C8H13B2NO4/c1-11-8-4-6(9(12)13)3-7(5-8)10(14)15-2/h3-5,11-14H,1-2H3. The van der Waals surface area contributed by atoms with Crippen LogP contribution < -0.4 is 16.2 Å². The Kier molecular flexibility index (Phi) is 4.16. The van der Waals surface area contributed by atoms with Gasteiger partial charge in [0.1, 0.15) is 0 Å². The maximum atomic E-state index is 9.44. The molecular formula is C8H13B2NO4. The first-order valence-electron chi connectivity index (χ1n) is 4.48. The minimum atomic E-state index is -1.57. The topological polar surface area (TPSA) is 82.0 Å². The average Bonchev–Trinajstić information content (AvgIpc) is 2.27. The van der Waals surface area contributed by atoms with E-state index in [0.29, 0.717) is 16.6 Å². The third kappa shape index (κ3) is 2.97. The Morgan fingerprint density at radius 3 is 2.20 bits per heavy atom. The summed E-state index contributed by atoms with van der Waals surface area (Å²) in [6, 6.07) is 4.72. The highest BCUT2D eigenvalue weighted by Crippen LogP contribution is 2.01. The molecule has 0 aliphatic heterocycles. The van der Waals surface area contributed by atoms with Crippen LogP contribution in [0.25, 0.3) is 0 Å². The summed E-state index contributed by atoms with van der Waals surface area (Å²) < 4.78 is 4.73. The molecule has 0 aliphatic carbocycles. The van der Waals surface area contributed by atoms with Crippen LogP contribution in [0.4, 0.5) is 5.69 Å². The molecule has 0 heterocycles. The van der Waals surface area contributed by atoms with Crippen molar-refractivity contribution in [3.63, 3.8) is 0 Å². The number of rotatable bonds is 4. The zero-order chi connectivity index (χ0) is 11.4. The summed E-state index contributed by atoms with van der Waals surface area (Å²) in [6.07, 6.45) is 0. The first-order valence-corrected chi connectivity index (χ1v) is 4.48. The van der Waals surface area contributed by atoms with Crippen LogP contribution in [0, 0.1) is 0 Å². The second-order valence-corrected chi connectivity index (χ2v) is 3.10. The van der Waals surface area contributed by atoms with Gasteiger partial charge in [-0.15, -0.1) is 0 Å². The highest BCUT2D eigenvalue weighted by molar-refractivity contribution is 6.63. The quantitative estimate of drug-likeness (QED) is 0.420. The second-order valence-electron chi connectivity index (χ2n) is 3.10. The van der Waals surface area contributed by atoms with E-state index in [1.54, 1.807) is 19.2 Å². The van der Waals surface area contributed by atoms with E-state index in [1.165, 1.54) is 13.2 Å². The molecule has 0 atom stereocenters. The molecular weight excluding hydrogens is 196 g/mol. The molecule has 0 fully saturated rings. The highest BCUT2D eigenvalue weighted by atomic mass is 16.5. The SMILES string of the molecule is CNc1cc(B(O)O)cc(B(O)OC)c1. The molecule has 7 heteroatoms.